The van der Waals surface area contributed by atoms with Gasteiger partial charge in [0.1, 0.15) is 10.6 Å². The van der Waals surface area contributed by atoms with Crippen LogP contribution in [0.5, 0.6) is 5.75 Å². The third-order valence-corrected chi connectivity index (χ3v) is 8.33. The average molecular weight is 533 g/mol. The summed E-state index contributed by atoms with van der Waals surface area (Å²) >= 11 is 1.20. The first kappa shape index (κ1) is 26.4. The van der Waals surface area contributed by atoms with Gasteiger partial charge in [0.15, 0.2) is 5.13 Å². The van der Waals surface area contributed by atoms with Crippen LogP contribution in [0.15, 0.2) is 42.5 Å². The molecule has 1 atom stereocenters. The van der Waals surface area contributed by atoms with Gasteiger partial charge in [0.05, 0.1) is 18.3 Å². The topological polar surface area (TPSA) is 83.6 Å². The van der Waals surface area contributed by atoms with Gasteiger partial charge in [-0.15, -0.1) is 0 Å². The first-order valence-electron chi connectivity index (χ1n) is 13.5. The van der Waals surface area contributed by atoms with Crippen LogP contribution in [0.2, 0.25) is 0 Å². The van der Waals surface area contributed by atoms with E-state index in [2.05, 4.69) is 63.0 Å². The normalized spacial score (nSPS) is 16.0. The summed E-state index contributed by atoms with van der Waals surface area (Å²) < 4.78 is 5.97. The van der Waals surface area contributed by atoms with Gasteiger partial charge in [0.25, 0.3) is 5.91 Å². The molecule has 2 N–H and O–H groups in total. The standard InChI is InChI=1S/C30H36N4O3S/c1-4-27(35)33-30-32-20(3)28(38-30)29(36)31-19(2)23-9-7-21(8-10-23)16-34-14-13-24-15-26(12-11-25(24)17-34)37-18-22-5-6-22/h7-12,15,19,22H,4-6,13-14,16-18H2,1-3H3,(H,31,36)(H,32,33,35)/t19-/m0/s1. The number of carbonyl (C=O) groups is 2. The van der Waals surface area contributed by atoms with E-state index < -0.39 is 0 Å². The molecule has 7 nitrogen and oxygen atoms in total. The zero-order chi connectivity index (χ0) is 26.6. The molecular formula is C30H36N4O3S. The summed E-state index contributed by atoms with van der Waals surface area (Å²) in [7, 11) is 0. The first-order valence-corrected chi connectivity index (χ1v) is 14.3. The van der Waals surface area contributed by atoms with Crippen LogP contribution in [-0.2, 0) is 24.3 Å². The minimum atomic E-state index is -0.179. The van der Waals surface area contributed by atoms with Crippen LogP contribution < -0.4 is 15.4 Å². The molecule has 200 valence electrons. The quantitative estimate of drug-likeness (QED) is 0.353. The number of hydrogen-bond donors (Lipinski definition) is 2. The monoisotopic (exact) mass is 532 g/mol. The van der Waals surface area contributed by atoms with E-state index in [1.165, 1.54) is 40.9 Å². The predicted octanol–water partition coefficient (Wildman–Crippen LogP) is 5.64. The Kier molecular flexibility index (Phi) is 8.09. The summed E-state index contributed by atoms with van der Waals surface area (Å²) in [6.45, 7) is 9.27. The minimum Gasteiger partial charge on any atom is -0.493 e. The Morgan fingerprint density at radius 3 is 2.68 bits per heavy atom. The first-order chi connectivity index (χ1) is 18.4. The molecule has 1 fully saturated rings. The van der Waals surface area contributed by atoms with Crippen LogP contribution in [-0.4, -0.2) is 34.8 Å². The summed E-state index contributed by atoms with van der Waals surface area (Å²) in [5.74, 6) is 1.48. The van der Waals surface area contributed by atoms with Crippen molar-refractivity contribution in [1.82, 2.24) is 15.2 Å². The van der Waals surface area contributed by atoms with Gasteiger partial charge in [0, 0.05) is 26.1 Å². The zero-order valence-electron chi connectivity index (χ0n) is 22.4. The zero-order valence-corrected chi connectivity index (χ0v) is 23.2. The molecule has 2 aromatic carbocycles. The number of carbonyl (C=O) groups excluding carboxylic acids is 2. The second-order valence-corrected chi connectivity index (χ2v) is 11.4. The van der Waals surface area contributed by atoms with Crippen molar-refractivity contribution in [2.75, 3.05) is 18.5 Å². The second-order valence-electron chi connectivity index (χ2n) is 10.4. The Bertz CT molecular complexity index is 1300. The van der Waals surface area contributed by atoms with E-state index in [1.807, 2.05) is 6.92 Å². The molecule has 2 amide bonds. The second kappa shape index (κ2) is 11.7. The van der Waals surface area contributed by atoms with Crippen LogP contribution in [0, 0.1) is 12.8 Å². The Morgan fingerprint density at radius 1 is 1.16 bits per heavy atom. The Balaban J connectivity index is 1.14. The summed E-state index contributed by atoms with van der Waals surface area (Å²) in [6, 6.07) is 14.9. The van der Waals surface area contributed by atoms with E-state index in [-0.39, 0.29) is 17.9 Å². The van der Waals surface area contributed by atoms with E-state index in [4.69, 9.17) is 4.74 Å². The van der Waals surface area contributed by atoms with Gasteiger partial charge in [-0.05, 0) is 73.4 Å². The van der Waals surface area contributed by atoms with Crippen LogP contribution in [0.1, 0.15) is 76.8 Å². The average Bonchev–Trinajstić information content (AvgIpc) is 3.68. The predicted molar refractivity (Wildman–Crippen MR) is 151 cm³/mol. The largest absolute Gasteiger partial charge is 0.493 e. The molecule has 0 saturated heterocycles. The van der Waals surface area contributed by atoms with Crippen molar-refractivity contribution in [3.05, 3.63) is 75.3 Å². The number of aryl methyl sites for hydroxylation is 1. The van der Waals surface area contributed by atoms with E-state index in [0.717, 1.165) is 49.9 Å². The molecule has 38 heavy (non-hydrogen) atoms. The molecular weight excluding hydrogens is 496 g/mol. The molecule has 2 aliphatic rings. The fraction of sp³-hybridized carbons (Fsp3) is 0.433. The molecule has 5 rings (SSSR count). The van der Waals surface area contributed by atoms with Crippen molar-refractivity contribution in [2.45, 2.75) is 65.6 Å². The number of nitrogens with one attached hydrogen (secondary N) is 2. The van der Waals surface area contributed by atoms with Gasteiger partial charge in [-0.1, -0.05) is 48.6 Å². The maximum atomic E-state index is 12.9. The molecule has 1 aliphatic heterocycles. The lowest BCUT2D eigenvalue weighted by molar-refractivity contribution is -0.115. The molecule has 0 bridgehead atoms. The van der Waals surface area contributed by atoms with E-state index in [9.17, 15) is 9.59 Å². The van der Waals surface area contributed by atoms with E-state index in [1.54, 1.807) is 13.8 Å². The van der Waals surface area contributed by atoms with Gasteiger partial charge < -0.3 is 15.4 Å². The maximum absolute atomic E-state index is 12.9. The molecule has 0 unspecified atom stereocenters. The lowest BCUT2D eigenvalue weighted by atomic mass is 9.98. The number of anilines is 1. The molecule has 1 aromatic heterocycles. The minimum absolute atomic E-state index is 0.115. The number of aromatic nitrogens is 1. The highest BCUT2D eigenvalue weighted by Crippen LogP contribution is 2.31. The van der Waals surface area contributed by atoms with Gasteiger partial charge >= 0.3 is 0 Å². The van der Waals surface area contributed by atoms with Crippen molar-refractivity contribution in [3.8, 4) is 5.75 Å². The summed E-state index contributed by atoms with van der Waals surface area (Å²) in [6.07, 6.45) is 4.03. The Morgan fingerprint density at radius 2 is 1.95 bits per heavy atom. The number of amides is 2. The number of hydrogen-bond acceptors (Lipinski definition) is 6. The molecule has 8 heteroatoms. The highest BCUT2D eigenvalue weighted by molar-refractivity contribution is 7.17. The molecule has 0 spiro atoms. The number of ether oxygens (including phenoxy) is 1. The van der Waals surface area contributed by atoms with Gasteiger partial charge in [-0.2, -0.15) is 0 Å². The summed E-state index contributed by atoms with van der Waals surface area (Å²) in [5, 5.41) is 6.25. The SMILES string of the molecule is CCC(=O)Nc1nc(C)c(C(=O)N[C@@H](C)c2ccc(CN3CCc4cc(OCC5CC5)ccc4C3)cc2)s1. The Hall–Kier alpha value is -3.23. The van der Waals surface area contributed by atoms with Crippen LogP contribution in [0.3, 0.4) is 0 Å². The van der Waals surface area contributed by atoms with E-state index >= 15 is 0 Å². The third-order valence-electron chi connectivity index (χ3n) is 7.26. The fourth-order valence-electron chi connectivity index (χ4n) is 4.69. The fourth-order valence-corrected chi connectivity index (χ4v) is 5.58. The number of fused-ring (bicyclic) bond motifs is 1. The maximum Gasteiger partial charge on any atom is 0.263 e. The molecule has 2 heterocycles. The van der Waals surface area contributed by atoms with Crippen molar-refractivity contribution < 1.29 is 14.3 Å². The van der Waals surface area contributed by atoms with Crippen molar-refractivity contribution in [2.24, 2.45) is 5.92 Å². The smallest absolute Gasteiger partial charge is 0.263 e. The number of thiazole rings is 1. The van der Waals surface area contributed by atoms with Gasteiger partial charge in [-0.3, -0.25) is 14.5 Å². The molecule has 0 radical (unpaired) electrons. The number of nitrogens with zero attached hydrogens (tertiary/aromatic N) is 2. The summed E-state index contributed by atoms with van der Waals surface area (Å²) in [4.78, 5) is 31.8. The molecule has 3 aromatic rings. The molecule has 1 aliphatic carbocycles. The number of rotatable bonds is 10. The number of benzene rings is 2. The summed E-state index contributed by atoms with van der Waals surface area (Å²) in [5.41, 5.74) is 5.72. The van der Waals surface area contributed by atoms with Crippen molar-refractivity contribution >= 4 is 28.3 Å². The lowest BCUT2D eigenvalue weighted by Gasteiger charge is -2.29. The van der Waals surface area contributed by atoms with Crippen LogP contribution >= 0.6 is 11.3 Å². The highest BCUT2D eigenvalue weighted by atomic mass is 32.1. The van der Waals surface area contributed by atoms with Gasteiger partial charge in [-0.25, -0.2) is 4.98 Å². The Labute approximate surface area is 228 Å². The lowest BCUT2D eigenvalue weighted by Crippen LogP contribution is -2.30. The van der Waals surface area contributed by atoms with Gasteiger partial charge in [0.2, 0.25) is 5.91 Å². The van der Waals surface area contributed by atoms with Crippen molar-refractivity contribution in [1.29, 1.82) is 0 Å². The highest BCUT2D eigenvalue weighted by Gasteiger charge is 2.23. The van der Waals surface area contributed by atoms with E-state index in [0.29, 0.717) is 22.1 Å². The molecule has 1 saturated carbocycles. The third kappa shape index (κ3) is 6.60. The van der Waals surface area contributed by atoms with Crippen LogP contribution in [0.4, 0.5) is 5.13 Å². The van der Waals surface area contributed by atoms with Crippen LogP contribution in [0.25, 0.3) is 0 Å². The van der Waals surface area contributed by atoms with Crippen molar-refractivity contribution in [3.63, 3.8) is 0 Å².